The number of nitrogens with zero attached hydrogens (tertiary/aromatic N) is 1. The molecule has 0 fully saturated rings. The summed E-state index contributed by atoms with van der Waals surface area (Å²) in [6, 6.07) is 12.9. The van der Waals surface area contributed by atoms with Crippen LogP contribution in [0.15, 0.2) is 57.7 Å². The molecular weight excluding hydrogens is 338 g/mol. The zero-order valence-electron chi connectivity index (χ0n) is 13.8. The average molecular weight is 353 g/mol. The average Bonchev–Trinajstić information content (AvgIpc) is 2.60. The van der Waals surface area contributed by atoms with Crippen molar-refractivity contribution in [3.63, 3.8) is 0 Å². The quantitative estimate of drug-likeness (QED) is 0.431. The third-order valence-electron chi connectivity index (χ3n) is 4.56. The lowest BCUT2D eigenvalue weighted by Crippen LogP contribution is -2.40. The summed E-state index contributed by atoms with van der Waals surface area (Å²) in [4.78, 5) is 23.0. The Labute approximate surface area is 147 Å². The normalized spacial score (nSPS) is 21.8. The van der Waals surface area contributed by atoms with Gasteiger partial charge in [-0.05, 0) is 17.7 Å². The van der Waals surface area contributed by atoms with Gasteiger partial charge in [-0.15, -0.1) is 0 Å². The number of ether oxygens (including phenoxy) is 1. The smallest absolute Gasteiger partial charge is 0.343 e. The summed E-state index contributed by atoms with van der Waals surface area (Å²) in [5.74, 6) is -1.71. The van der Waals surface area contributed by atoms with E-state index in [9.17, 15) is 20.0 Å². The number of rotatable bonds is 2. The van der Waals surface area contributed by atoms with Crippen LogP contribution in [0, 0.1) is 10.1 Å². The van der Waals surface area contributed by atoms with Gasteiger partial charge in [0.15, 0.2) is 0 Å². The van der Waals surface area contributed by atoms with Crippen molar-refractivity contribution in [2.24, 2.45) is 0 Å². The molecule has 2 heterocycles. The number of non-ortho nitro benzene ring substituents is 1. The van der Waals surface area contributed by atoms with E-state index in [1.54, 1.807) is 36.4 Å². The van der Waals surface area contributed by atoms with E-state index in [1.165, 1.54) is 19.1 Å². The van der Waals surface area contributed by atoms with Gasteiger partial charge in [0, 0.05) is 31.4 Å². The van der Waals surface area contributed by atoms with Gasteiger partial charge < -0.3 is 14.3 Å². The molecule has 2 aromatic carbocycles. The summed E-state index contributed by atoms with van der Waals surface area (Å²) in [7, 11) is 0. The molecule has 26 heavy (non-hydrogen) atoms. The summed E-state index contributed by atoms with van der Waals surface area (Å²) in [5, 5.41) is 22.0. The molecule has 0 spiro atoms. The second-order valence-electron chi connectivity index (χ2n) is 6.51. The van der Waals surface area contributed by atoms with Crippen molar-refractivity contribution in [2.75, 3.05) is 0 Å². The molecule has 0 amide bonds. The molecule has 132 valence electrons. The Morgan fingerprint density at radius 1 is 1.19 bits per heavy atom. The lowest BCUT2D eigenvalue weighted by Gasteiger charge is -2.36. The topological polar surface area (TPSA) is 103 Å². The van der Waals surface area contributed by atoms with Gasteiger partial charge >= 0.3 is 5.63 Å². The van der Waals surface area contributed by atoms with Crippen molar-refractivity contribution in [3.05, 3.63) is 80.2 Å². The molecule has 4 rings (SSSR count). The summed E-state index contributed by atoms with van der Waals surface area (Å²) in [6.07, 6.45) is 0.126. The molecule has 0 saturated heterocycles. The van der Waals surface area contributed by atoms with Gasteiger partial charge in [-0.2, -0.15) is 0 Å². The van der Waals surface area contributed by atoms with Gasteiger partial charge in [-0.3, -0.25) is 10.1 Å². The van der Waals surface area contributed by atoms with E-state index in [0.29, 0.717) is 22.1 Å². The molecule has 0 saturated carbocycles. The van der Waals surface area contributed by atoms with Crippen LogP contribution in [0.5, 0.6) is 5.75 Å². The third kappa shape index (κ3) is 2.62. The lowest BCUT2D eigenvalue weighted by atomic mass is 9.83. The highest BCUT2D eigenvalue weighted by Crippen LogP contribution is 2.45. The fourth-order valence-electron chi connectivity index (χ4n) is 3.40. The molecule has 1 N–H and O–H groups in total. The molecule has 0 aliphatic carbocycles. The highest BCUT2D eigenvalue weighted by molar-refractivity contribution is 5.85. The fourth-order valence-corrected chi connectivity index (χ4v) is 3.40. The maximum absolute atomic E-state index is 12.6. The van der Waals surface area contributed by atoms with E-state index < -0.39 is 22.3 Å². The first kappa shape index (κ1) is 16.3. The maximum Gasteiger partial charge on any atom is 0.343 e. The molecule has 7 heteroatoms. The molecule has 1 aliphatic heterocycles. The minimum Gasteiger partial charge on any atom is -0.461 e. The molecular formula is C19H15NO6. The van der Waals surface area contributed by atoms with E-state index in [2.05, 4.69) is 0 Å². The Kier molecular flexibility index (Phi) is 3.55. The monoisotopic (exact) mass is 353 g/mol. The van der Waals surface area contributed by atoms with Crippen molar-refractivity contribution in [1.82, 2.24) is 0 Å². The summed E-state index contributed by atoms with van der Waals surface area (Å²) in [5.41, 5.74) is 0.763. The van der Waals surface area contributed by atoms with Gasteiger partial charge in [0.05, 0.1) is 15.9 Å². The first-order valence-electron chi connectivity index (χ1n) is 8.07. The number of aliphatic hydroxyl groups is 1. The highest BCUT2D eigenvalue weighted by Gasteiger charge is 2.40. The van der Waals surface area contributed by atoms with Gasteiger partial charge in [0.2, 0.25) is 5.79 Å². The van der Waals surface area contributed by atoms with Crippen molar-refractivity contribution >= 4 is 16.7 Å². The molecule has 2 unspecified atom stereocenters. The zero-order valence-corrected chi connectivity index (χ0v) is 13.8. The first-order chi connectivity index (χ1) is 12.4. The SMILES string of the molecule is CC1(O)CC(c2ccc([N+](=O)[O-])cc2)c2c(c3ccccc3oc2=O)O1. The number of para-hydroxylation sites is 1. The molecule has 7 nitrogen and oxygen atoms in total. The lowest BCUT2D eigenvalue weighted by molar-refractivity contribution is -0.384. The van der Waals surface area contributed by atoms with Crippen molar-refractivity contribution < 1.29 is 19.2 Å². The zero-order chi connectivity index (χ0) is 18.5. The van der Waals surface area contributed by atoms with E-state index in [-0.39, 0.29) is 17.9 Å². The number of hydrogen-bond acceptors (Lipinski definition) is 6. The van der Waals surface area contributed by atoms with Crippen LogP contribution in [-0.4, -0.2) is 15.8 Å². The number of nitro benzene ring substituents is 1. The molecule has 0 bridgehead atoms. The van der Waals surface area contributed by atoms with Crippen molar-refractivity contribution in [3.8, 4) is 5.75 Å². The van der Waals surface area contributed by atoms with Gasteiger partial charge in [0.25, 0.3) is 5.69 Å². The largest absolute Gasteiger partial charge is 0.461 e. The van der Waals surface area contributed by atoms with E-state index in [1.807, 2.05) is 0 Å². The molecule has 1 aromatic heterocycles. The van der Waals surface area contributed by atoms with E-state index >= 15 is 0 Å². The van der Waals surface area contributed by atoms with Crippen molar-refractivity contribution in [1.29, 1.82) is 0 Å². The number of benzene rings is 2. The second kappa shape index (κ2) is 5.67. The van der Waals surface area contributed by atoms with Crippen LogP contribution in [-0.2, 0) is 0 Å². The Balaban J connectivity index is 1.94. The molecule has 1 aliphatic rings. The minimum absolute atomic E-state index is 0.0432. The van der Waals surface area contributed by atoms with Crippen LogP contribution in [0.4, 0.5) is 5.69 Å². The minimum atomic E-state index is -1.49. The molecule has 3 aromatic rings. The summed E-state index contributed by atoms with van der Waals surface area (Å²) < 4.78 is 11.1. The van der Waals surface area contributed by atoms with Crippen LogP contribution in [0.3, 0.4) is 0 Å². The Bertz CT molecular complexity index is 1070. The van der Waals surface area contributed by atoms with Gasteiger partial charge in [0.1, 0.15) is 11.3 Å². The van der Waals surface area contributed by atoms with Crippen molar-refractivity contribution in [2.45, 2.75) is 25.0 Å². The summed E-state index contributed by atoms with van der Waals surface area (Å²) >= 11 is 0. The first-order valence-corrected chi connectivity index (χ1v) is 8.07. The number of nitro groups is 1. The van der Waals surface area contributed by atoms with Crippen LogP contribution < -0.4 is 10.4 Å². The number of fused-ring (bicyclic) bond motifs is 3. The standard InChI is InChI=1S/C19H15NO6/c1-19(22)10-14(11-6-8-12(9-7-11)20(23)24)16-17(26-19)13-4-2-3-5-15(13)25-18(16)21/h2-9,14,22H,10H2,1H3. The molecule has 2 atom stereocenters. The summed E-state index contributed by atoms with van der Waals surface area (Å²) in [6.45, 7) is 1.53. The maximum atomic E-state index is 12.6. The van der Waals surface area contributed by atoms with Crippen LogP contribution in [0.1, 0.15) is 30.4 Å². The third-order valence-corrected chi connectivity index (χ3v) is 4.56. The van der Waals surface area contributed by atoms with Crippen LogP contribution in [0.25, 0.3) is 11.0 Å². The molecule has 0 radical (unpaired) electrons. The number of hydrogen-bond donors (Lipinski definition) is 1. The van der Waals surface area contributed by atoms with Gasteiger partial charge in [-0.1, -0.05) is 24.3 Å². The predicted molar refractivity (Wildman–Crippen MR) is 93.3 cm³/mol. The van der Waals surface area contributed by atoms with E-state index in [4.69, 9.17) is 9.15 Å². The Morgan fingerprint density at radius 2 is 1.88 bits per heavy atom. The Morgan fingerprint density at radius 3 is 2.58 bits per heavy atom. The van der Waals surface area contributed by atoms with Gasteiger partial charge in [-0.25, -0.2) is 4.79 Å². The van der Waals surface area contributed by atoms with Crippen LogP contribution >= 0.6 is 0 Å². The fraction of sp³-hybridized carbons (Fsp3) is 0.211. The van der Waals surface area contributed by atoms with E-state index in [0.717, 1.165) is 0 Å². The predicted octanol–water partition coefficient (Wildman–Crippen LogP) is 3.32. The second-order valence-corrected chi connectivity index (χ2v) is 6.51. The van der Waals surface area contributed by atoms with Crippen LogP contribution in [0.2, 0.25) is 0 Å². The highest BCUT2D eigenvalue weighted by atomic mass is 16.6. The Hall–Kier alpha value is -3.19.